The summed E-state index contributed by atoms with van der Waals surface area (Å²) in [5, 5.41) is 21.2. The molecule has 1 atom stereocenters. The third-order valence-corrected chi connectivity index (χ3v) is 4.25. The van der Waals surface area contributed by atoms with Crippen molar-refractivity contribution in [2.24, 2.45) is 0 Å². The van der Waals surface area contributed by atoms with Gasteiger partial charge in [-0.15, -0.1) is 0 Å². The average Bonchev–Trinajstić information content (AvgIpc) is 2.87. The molecule has 0 fully saturated rings. The third-order valence-electron chi connectivity index (χ3n) is 4.25. The van der Waals surface area contributed by atoms with Crippen molar-refractivity contribution in [1.82, 2.24) is 15.1 Å². The van der Waals surface area contributed by atoms with Gasteiger partial charge in [0.05, 0.1) is 23.9 Å². The Balaban J connectivity index is 1.96. The first-order valence-electron chi connectivity index (χ1n) is 7.49. The molecule has 0 aliphatic carbocycles. The van der Waals surface area contributed by atoms with Crippen molar-refractivity contribution >= 4 is 11.9 Å². The molecule has 0 saturated carbocycles. The predicted octanol–water partition coefficient (Wildman–Crippen LogP) is 0.567. The van der Waals surface area contributed by atoms with Crippen LogP contribution in [0.25, 0.3) is 0 Å². The molecule has 0 saturated heterocycles. The number of aliphatic hydroxyl groups is 1. The number of benzene rings is 1. The fourth-order valence-corrected chi connectivity index (χ4v) is 2.98. The van der Waals surface area contributed by atoms with Gasteiger partial charge in [-0.3, -0.25) is 9.69 Å². The second kappa shape index (κ2) is 5.92. The number of aliphatic hydroxyl groups excluding tert-OH is 1. The third kappa shape index (κ3) is 2.63. The number of carbonyl (C=O) groups is 2. The molecule has 1 aromatic carbocycles. The zero-order valence-corrected chi connectivity index (χ0v) is 12.8. The van der Waals surface area contributed by atoms with Gasteiger partial charge in [-0.25, -0.2) is 4.79 Å². The number of rotatable bonds is 4. The van der Waals surface area contributed by atoms with Gasteiger partial charge in [0.2, 0.25) is 0 Å². The molecule has 7 heteroatoms. The number of amides is 3. The number of hydrogen-bond donors (Lipinski definition) is 3. The van der Waals surface area contributed by atoms with Crippen molar-refractivity contribution in [3.05, 3.63) is 41.1 Å². The summed E-state index contributed by atoms with van der Waals surface area (Å²) in [7, 11) is 1.64. The highest BCUT2D eigenvalue weighted by atomic mass is 16.3. The Kier molecular flexibility index (Phi) is 3.96. The molecule has 0 radical (unpaired) electrons. The summed E-state index contributed by atoms with van der Waals surface area (Å²) < 4.78 is 0. The predicted molar refractivity (Wildman–Crippen MR) is 82.5 cm³/mol. The maximum absolute atomic E-state index is 12.7. The molecule has 3 amide bonds. The van der Waals surface area contributed by atoms with Crippen molar-refractivity contribution in [1.29, 1.82) is 0 Å². The van der Waals surface area contributed by atoms with Gasteiger partial charge in [0.25, 0.3) is 5.91 Å². The van der Waals surface area contributed by atoms with Crippen LogP contribution in [-0.4, -0.2) is 58.7 Å². The van der Waals surface area contributed by atoms with Crippen molar-refractivity contribution in [3.63, 3.8) is 0 Å². The van der Waals surface area contributed by atoms with E-state index in [1.165, 1.54) is 17.0 Å². The van der Waals surface area contributed by atoms with Crippen LogP contribution in [0.2, 0.25) is 0 Å². The van der Waals surface area contributed by atoms with Crippen molar-refractivity contribution in [2.75, 3.05) is 26.7 Å². The van der Waals surface area contributed by atoms with Crippen molar-refractivity contribution in [3.8, 4) is 5.75 Å². The number of nitrogens with one attached hydrogen (secondary N) is 1. The lowest BCUT2D eigenvalue weighted by Gasteiger charge is -2.31. The van der Waals surface area contributed by atoms with Gasteiger partial charge in [-0.1, -0.05) is 12.1 Å². The van der Waals surface area contributed by atoms with Gasteiger partial charge >= 0.3 is 6.03 Å². The Morgan fingerprint density at radius 1 is 1.26 bits per heavy atom. The van der Waals surface area contributed by atoms with E-state index in [0.29, 0.717) is 30.8 Å². The minimum Gasteiger partial charge on any atom is -0.508 e. The monoisotopic (exact) mass is 317 g/mol. The van der Waals surface area contributed by atoms with Gasteiger partial charge < -0.3 is 20.4 Å². The van der Waals surface area contributed by atoms with E-state index < -0.39 is 6.04 Å². The van der Waals surface area contributed by atoms with Gasteiger partial charge in [0, 0.05) is 20.2 Å². The van der Waals surface area contributed by atoms with Crippen LogP contribution in [0, 0.1) is 0 Å². The first kappa shape index (κ1) is 15.4. The molecule has 1 unspecified atom stereocenters. The number of urea groups is 1. The smallest absolute Gasteiger partial charge is 0.322 e. The molecule has 0 bridgehead atoms. The number of aromatic hydroxyl groups is 1. The zero-order valence-electron chi connectivity index (χ0n) is 12.8. The molecular weight excluding hydrogens is 298 g/mol. The highest BCUT2D eigenvalue weighted by Crippen LogP contribution is 2.35. The first-order chi connectivity index (χ1) is 11.0. The fraction of sp³-hybridized carbons (Fsp3) is 0.375. The molecule has 2 heterocycles. The molecule has 0 spiro atoms. The fourth-order valence-electron chi connectivity index (χ4n) is 2.98. The quantitative estimate of drug-likeness (QED) is 0.757. The summed E-state index contributed by atoms with van der Waals surface area (Å²) in [6.45, 7) is 0.836. The lowest BCUT2D eigenvalue weighted by atomic mass is 9.96. The second-order valence-electron chi connectivity index (χ2n) is 5.70. The van der Waals surface area contributed by atoms with Crippen LogP contribution in [0.3, 0.4) is 0 Å². The Hall–Kier alpha value is -2.54. The van der Waals surface area contributed by atoms with E-state index in [0.717, 1.165) is 5.56 Å². The maximum atomic E-state index is 12.7. The SMILES string of the molecule is CN1C(=O)NC(c2ccc(O)cc2)C2=C1CN(CCCO)C2=O. The van der Waals surface area contributed by atoms with Crippen LogP contribution in [-0.2, 0) is 4.79 Å². The normalized spacial score (nSPS) is 20.9. The van der Waals surface area contributed by atoms with Crippen LogP contribution >= 0.6 is 0 Å². The number of hydrogen-bond acceptors (Lipinski definition) is 4. The summed E-state index contributed by atoms with van der Waals surface area (Å²) >= 11 is 0. The highest BCUT2D eigenvalue weighted by molar-refractivity contribution is 6.01. The van der Waals surface area contributed by atoms with E-state index in [1.807, 2.05) is 0 Å². The number of nitrogens with zero attached hydrogens (tertiary/aromatic N) is 2. The Bertz CT molecular complexity index is 668. The average molecular weight is 317 g/mol. The number of phenols is 1. The number of likely N-dealkylation sites (N-methyl/N-ethyl adjacent to an activating group) is 1. The van der Waals surface area contributed by atoms with E-state index in [9.17, 15) is 14.7 Å². The molecule has 2 aliphatic heterocycles. The Morgan fingerprint density at radius 2 is 1.96 bits per heavy atom. The molecule has 23 heavy (non-hydrogen) atoms. The minimum absolute atomic E-state index is 0.0167. The summed E-state index contributed by atoms with van der Waals surface area (Å²) in [6.07, 6.45) is 0.501. The summed E-state index contributed by atoms with van der Waals surface area (Å²) in [5.74, 6) is 0.00269. The van der Waals surface area contributed by atoms with Crippen LogP contribution in [0.15, 0.2) is 35.5 Å². The molecule has 3 N–H and O–H groups in total. The van der Waals surface area contributed by atoms with E-state index in [1.54, 1.807) is 24.1 Å². The van der Waals surface area contributed by atoms with Crippen LogP contribution in [0.4, 0.5) is 4.79 Å². The van der Waals surface area contributed by atoms with E-state index in [2.05, 4.69) is 5.32 Å². The second-order valence-corrected chi connectivity index (χ2v) is 5.70. The van der Waals surface area contributed by atoms with Crippen molar-refractivity contribution in [2.45, 2.75) is 12.5 Å². The number of carbonyl (C=O) groups excluding carboxylic acids is 2. The van der Waals surface area contributed by atoms with Crippen LogP contribution < -0.4 is 5.32 Å². The van der Waals surface area contributed by atoms with Crippen molar-refractivity contribution < 1.29 is 19.8 Å². The lowest BCUT2D eigenvalue weighted by molar-refractivity contribution is -0.125. The molecule has 0 aromatic heterocycles. The maximum Gasteiger partial charge on any atom is 0.322 e. The molecule has 1 aromatic rings. The van der Waals surface area contributed by atoms with E-state index >= 15 is 0 Å². The largest absolute Gasteiger partial charge is 0.508 e. The number of phenolic OH excluding ortho intramolecular Hbond substituents is 1. The highest BCUT2D eigenvalue weighted by Gasteiger charge is 2.42. The van der Waals surface area contributed by atoms with Crippen LogP contribution in [0.1, 0.15) is 18.0 Å². The molecular formula is C16H19N3O4. The Labute approximate surface area is 133 Å². The first-order valence-corrected chi connectivity index (χ1v) is 7.49. The lowest BCUT2D eigenvalue weighted by Crippen LogP contribution is -2.45. The van der Waals surface area contributed by atoms with Gasteiger partial charge in [0.15, 0.2) is 0 Å². The van der Waals surface area contributed by atoms with E-state index in [4.69, 9.17) is 5.11 Å². The molecule has 3 rings (SSSR count). The van der Waals surface area contributed by atoms with E-state index in [-0.39, 0.29) is 24.3 Å². The molecule has 7 nitrogen and oxygen atoms in total. The zero-order chi connectivity index (χ0) is 16.6. The minimum atomic E-state index is -0.527. The van der Waals surface area contributed by atoms with Crippen LogP contribution in [0.5, 0.6) is 5.75 Å². The standard InChI is InChI=1S/C16H19N3O4/c1-18-12-9-19(7-2-8-20)15(22)13(12)14(17-16(18)23)10-3-5-11(21)6-4-10/h3-6,14,20-21H,2,7-9H2,1H3,(H,17,23). The molecule has 2 aliphatic rings. The Morgan fingerprint density at radius 3 is 2.61 bits per heavy atom. The van der Waals surface area contributed by atoms with Gasteiger partial charge in [-0.2, -0.15) is 0 Å². The van der Waals surface area contributed by atoms with Gasteiger partial charge in [-0.05, 0) is 24.1 Å². The van der Waals surface area contributed by atoms with Gasteiger partial charge in [0.1, 0.15) is 5.75 Å². The summed E-state index contributed by atoms with van der Waals surface area (Å²) in [4.78, 5) is 28.0. The summed E-state index contributed by atoms with van der Waals surface area (Å²) in [6, 6.07) is 5.66. The summed E-state index contributed by atoms with van der Waals surface area (Å²) in [5.41, 5.74) is 1.99. The molecule has 122 valence electrons. The topological polar surface area (TPSA) is 93.1 Å².